The molecule has 1 fully saturated rings. The maximum Gasteiger partial charge on any atom is 0.227 e. The minimum Gasteiger partial charge on any atom is -0.497 e. The molecular formula is C28H32N2O2. The first kappa shape index (κ1) is 22.1. The molecule has 1 unspecified atom stereocenters. The van der Waals surface area contributed by atoms with E-state index in [1.165, 1.54) is 5.56 Å². The van der Waals surface area contributed by atoms with E-state index < -0.39 is 0 Å². The molecule has 3 aromatic rings. The Kier molecular flexibility index (Phi) is 7.23. The number of methoxy groups -OCH3 is 1. The Labute approximate surface area is 191 Å². The molecule has 1 aliphatic rings. The molecule has 0 aliphatic carbocycles. The fourth-order valence-corrected chi connectivity index (χ4v) is 4.52. The van der Waals surface area contributed by atoms with Crippen LogP contribution in [-0.2, 0) is 4.79 Å². The number of carbonyl (C=O) groups is 1. The molecule has 1 heterocycles. The molecule has 1 amide bonds. The highest BCUT2D eigenvalue weighted by atomic mass is 16.5. The van der Waals surface area contributed by atoms with Crippen LogP contribution in [0.25, 0.3) is 11.1 Å². The second-order valence-corrected chi connectivity index (χ2v) is 8.65. The zero-order valence-corrected chi connectivity index (χ0v) is 19.0. The molecule has 1 atom stereocenters. The minimum absolute atomic E-state index is 0.0525. The van der Waals surface area contributed by atoms with Crippen LogP contribution in [-0.4, -0.2) is 37.6 Å². The summed E-state index contributed by atoms with van der Waals surface area (Å²) in [6.07, 6.45) is 1.79. The van der Waals surface area contributed by atoms with Crippen LogP contribution in [0, 0.1) is 5.92 Å². The van der Waals surface area contributed by atoms with Gasteiger partial charge in [0.05, 0.1) is 7.11 Å². The van der Waals surface area contributed by atoms with Crippen molar-refractivity contribution < 1.29 is 9.53 Å². The maximum absolute atomic E-state index is 13.1. The molecule has 4 nitrogen and oxygen atoms in total. The molecule has 32 heavy (non-hydrogen) atoms. The average molecular weight is 429 g/mol. The Morgan fingerprint density at radius 3 is 2.47 bits per heavy atom. The van der Waals surface area contributed by atoms with Gasteiger partial charge in [0.15, 0.2) is 0 Å². The SMILES string of the molecule is COc1cccc(-c2ccccc2NC(=O)C2CCN(CC(C)c3ccccc3)CC2)c1. The fraction of sp³-hybridized carbons (Fsp3) is 0.321. The van der Waals surface area contributed by atoms with Gasteiger partial charge >= 0.3 is 0 Å². The third kappa shape index (κ3) is 5.38. The Hall–Kier alpha value is -3.11. The zero-order chi connectivity index (χ0) is 22.3. The van der Waals surface area contributed by atoms with Gasteiger partial charge in [-0.05, 0) is 61.2 Å². The van der Waals surface area contributed by atoms with Crippen molar-refractivity contribution in [3.63, 3.8) is 0 Å². The van der Waals surface area contributed by atoms with Crippen molar-refractivity contribution in [3.05, 3.63) is 84.4 Å². The van der Waals surface area contributed by atoms with E-state index in [1.54, 1.807) is 7.11 Å². The molecule has 4 heteroatoms. The molecule has 0 aromatic heterocycles. The van der Waals surface area contributed by atoms with Crippen molar-refractivity contribution in [2.45, 2.75) is 25.7 Å². The third-order valence-corrected chi connectivity index (χ3v) is 6.42. The summed E-state index contributed by atoms with van der Waals surface area (Å²) in [6, 6.07) is 26.6. The molecule has 1 aliphatic heterocycles. The van der Waals surface area contributed by atoms with Crippen molar-refractivity contribution in [2.24, 2.45) is 5.92 Å². The summed E-state index contributed by atoms with van der Waals surface area (Å²) >= 11 is 0. The summed E-state index contributed by atoms with van der Waals surface area (Å²) < 4.78 is 5.37. The van der Waals surface area contributed by atoms with Gasteiger partial charge in [-0.1, -0.05) is 67.6 Å². The highest BCUT2D eigenvalue weighted by molar-refractivity contribution is 5.96. The van der Waals surface area contributed by atoms with E-state index in [0.29, 0.717) is 5.92 Å². The number of nitrogens with one attached hydrogen (secondary N) is 1. The first-order chi connectivity index (χ1) is 15.6. The molecule has 0 spiro atoms. The smallest absolute Gasteiger partial charge is 0.227 e. The summed E-state index contributed by atoms with van der Waals surface area (Å²) in [5, 5.41) is 3.20. The van der Waals surface area contributed by atoms with Gasteiger partial charge in [-0.25, -0.2) is 0 Å². The van der Waals surface area contributed by atoms with Crippen LogP contribution in [0.15, 0.2) is 78.9 Å². The zero-order valence-electron chi connectivity index (χ0n) is 19.0. The number of amides is 1. The number of hydrogen-bond donors (Lipinski definition) is 1. The molecule has 4 rings (SSSR count). The normalized spacial score (nSPS) is 15.8. The number of para-hydroxylation sites is 1. The molecule has 0 saturated carbocycles. The lowest BCUT2D eigenvalue weighted by molar-refractivity contribution is -0.121. The number of hydrogen-bond acceptors (Lipinski definition) is 3. The van der Waals surface area contributed by atoms with E-state index in [4.69, 9.17) is 4.74 Å². The van der Waals surface area contributed by atoms with Gasteiger partial charge in [0.25, 0.3) is 0 Å². The fourth-order valence-electron chi connectivity index (χ4n) is 4.52. The standard InChI is InChI=1S/C28H32N2O2/c1-21(22-9-4-3-5-10-22)20-30-17-15-23(16-18-30)28(31)29-27-14-7-6-13-26(27)24-11-8-12-25(19-24)32-2/h3-14,19,21,23H,15-18,20H2,1-2H3,(H,29,31). The predicted molar refractivity (Wildman–Crippen MR) is 131 cm³/mol. The second-order valence-electron chi connectivity index (χ2n) is 8.65. The van der Waals surface area contributed by atoms with Crippen molar-refractivity contribution in [2.75, 3.05) is 32.1 Å². The van der Waals surface area contributed by atoms with E-state index in [1.807, 2.05) is 48.5 Å². The molecular weight excluding hydrogens is 396 g/mol. The summed E-state index contributed by atoms with van der Waals surface area (Å²) in [6.45, 7) is 5.25. The van der Waals surface area contributed by atoms with Gasteiger partial charge in [-0.15, -0.1) is 0 Å². The molecule has 0 bridgehead atoms. The lowest BCUT2D eigenvalue weighted by Gasteiger charge is -2.33. The van der Waals surface area contributed by atoms with E-state index in [9.17, 15) is 4.79 Å². The van der Waals surface area contributed by atoms with E-state index in [-0.39, 0.29) is 11.8 Å². The maximum atomic E-state index is 13.1. The van der Waals surface area contributed by atoms with Crippen molar-refractivity contribution in [1.82, 2.24) is 4.90 Å². The highest BCUT2D eigenvalue weighted by Gasteiger charge is 2.26. The van der Waals surface area contributed by atoms with Crippen LogP contribution in [0.1, 0.15) is 31.2 Å². The minimum atomic E-state index is 0.0525. The lowest BCUT2D eigenvalue weighted by atomic mass is 9.93. The van der Waals surface area contributed by atoms with Gasteiger partial charge in [-0.3, -0.25) is 4.79 Å². The first-order valence-corrected chi connectivity index (χ1v) is 11.5. The topological polar surface area (TPSA) is 41.6 Å². The van der Waals surface area contributed by atoms with Crippen LogP contribution in [0.5, 0.6) is 5.75 Å². The Morgan fingerprint density at radius 1 is 1.00 bits per heavy atom. The molecule has 3 aromatic carbocycles. The number of piperidine rings is 1. The average Bonchev–Trinajstić information content (AvgIpc) is 2.85. The predicted octanol–water partition coefficient (Wildman–Crippen LogP) is 5.82. The Morgan fingerprint density at radius 2 is 1.72 bits per heavy atom. The van der Waals surface area contributed by atoms with Crippen molar-refractivity contribution in [3.8, 4) is 16.9 Å². The van der Waals surface area contributed by atoms with Gasteiger partial charge in [0.1, 0.15) is 5.75 Å². The number of likely N-dealkylation sites (tertiary alicyclic amines) is 1. The van der Waals surface area contributed by atoms with Gasteiger partial charge in [0.2, 0.25) is 5.91 Å². The summed E-state index contributed by atoms with van der Waals surface area (Å²) in [4.78, 5) is 15.6. The van der Waals surface area contributed by atoms with Crippen molar-refractivity contribution in [1.29, 1.82) is 0 Å². The van der Waals surface area contributed by atoms with Gasteiger partial charge in [0, 0.05) is 23.7 Å². The molecule has 166 valence electrons. The van der Waals surface area contributed by atoms with Crippen LogP contribution in [0.2, 0.25) is 0 Å². The number of anilines is 1. The van der Waals surface area contributed by atoms with Crippen LogP contribution in [0.4, 0.5) is 5.69 Å². The van der Waals surface area contributed by atoms with E-state index in [2.05, 4.69) is 47.5 Å². The highest BCUT2D eigenvalue weighted by Crippen LogP contribution is 2.31. The third-order valence-electron chi connectivity index (χ3n) is 6.42. The monoisotopic (exact) mass is 428 g/mol. The molecule has 0 radical (unpaired) electrons. The van der Waals surface area contributed by atoms with E-state index >= 15 is 0 Å². The molecule has 1 saturated heterocycles. The number of rotatable bonds is 7. The van der Waals surface area contributed by atoms with Crippen LogP contribution < -0.4 is 10.1 Å². The summed E-state index contributed by atoms with van der Waals surface area (Å²) in [5.74, 6) is 1.48. The van der Waals surface area contributed by atoms with Crippen LogP contribution in [0.3, 0.4) is 0 Å². The number of nitrogens with zero attached hydrogens (tertiary/aromatic N) is 1. The number of ether oxygens (including phenoxy) is 1. The van der Waals surface area contributed by atoms with Gasteiger partial charge < -0.3 is 15.0 Å². The Balaban J connectivity index is 1.36. The van der Waals surface area contributed by atoms with Crippen molar-refractivity contribution >= 4 is 11.6 Å². The summed E-state index contributed by atoms with van der Waals surface area (Å²) in [7, 11) is 1.67. The number of benzene rings is 3. The number of carbonyl (C=O) groups excluding carboxylic acids is 1. The first-order valence-electron chi connectivity index (χ1n) is 11.5. The second kappa shape index (κ2) is 10.5. The Bertz CT molecular complexity index is 1030. The van der Waals surface area contributed by atoms with Crippen LogP contribution >= 0.6 is 0 Å². The summed E-state index contributed by atoms with van der Waals surface area (Å²) in [5.41, 5.74) is 4.27. The molecule has 1 N–H and O–H groups in total. The van der Waals surface area contributed by atoms with Gasteiger partial charge in [-0.2, -0.15) is 0 Å². The largest absolute Gasteiger partial charge is 0.497 e. The van der Waals surface area contributed by atoms with E-state index in [0.717, 1.165) is 55.0 Å². The quantitative estimate of drug-likeness (QED) is 0.516. The lowest BCUT2D eigenvalue weighted by Crippen LogP contribution is -2.39.